The number of nitrogens with two attached hydrogens (primary N) is 1. The van der Waals surface area contributed by atoms with Gasteiger partial charge >= 0.3 is 0 Å². The van der Waals surface area contributed by atoms with Crippen molar-refractivity contribution < 1.29 is 5.11 Å². The molecule has 0 aliphatic heterocycles. The maximum absolute atomic E-state index is 9.26. The average molecular weight is 271 g/mol. The molecule has 1 aromatic rings. The van der Waals surface area contributed by atoms with Gasteiger partial charge in [0.05, 0.1) is 6.61 Å². The quantitative estimate of drug-likeness (QED) is 0.801. The lowest BCUT2D eigenvalue weighted by atomic mass is 10.1. The topological polar surface area (TPSA) is 49.5 Å². The Bertz CT molecular complexity index is 367. The predicted octanol–water partition coefficient (Wildman–Crippen LogP) is 2.79. The molecule has 0 unspecified atom stereocenters. The lowest BCUT2D eigenvalue weighted by molar-refractivity contribution is 0.296. The molecule has 0 radical (unpaired) electrons. The van der Waals surface area contributed by atoms with Gasteiger partial charge < -0.3 is 15.7 Å². The first-order valence-corrected chi connectivity index (χ1v) is 6.92. The summed E-state index contributed by atoms with van der Waals surface area (Å²) in [5, 5.41) is 9.96. The van der Waals surface area contributed by atoms with Crippen molar-refractivity contribution in [2.45, 2.75) is 39.3 Å². The van der Waals surface area contributed by atoms with E-state index in [-0.39, 0.29) is 6.61 Å². The van der Waals surface area contributed by atoms with Gasteiger partial charge in [-0.2, -0.15) is 0 Å². The van der Waals surface area contributed by atoms with Crippen LogP contribution in [0.3, 0.4) is 0 Å². The molecule has 0 atom stereocenters. The van der Waals surface area contributed by atoms with E-state index in [1.165, 1.54) is 0 Å². The van der Waals surface area contributed by atoms with Gasteiger partial charge in [-0.05, 0) is 25.0 Å². The molecule has 4 heteroatoms. The fourth-order valence-electron chi connectivity index (χ4n) is 2.36. The van der Waals surface area contributed by atoms with E-state index in [0.717, 1.165) is 24.1 Å². The minimum Gasteiger partial charge on any atom is -0.395 e. The number of anilines is 1. The van der Waals surface area contributed by atoms with E-state index in [0.29, 0.717) is 24.2 Å². The van der Waals surface area contributed by atoms with E-state index in [9.17, 15) is 5.11 Å². The average Bonchev–Trinajstić information content (AvgIpc) is 2.38. The van der Waals surface area contributed by atoms with Gasteiger partial charge in [0, 0.05) is 35.4 Å². The molecule has 0 heterocycles. The van der Waals surface area contributed by atoms with Crippen LogP contribution in [0.5, 0.6) is 0 Å². The molecule has 0 aromatic heterocycles. The number of rotatable bonds is 7. The van der Waals surface area contributed by atoms with Gasteiger partial charge in [-0.1, -0.05) is 31.5 Å². The highest BCUT2D eigenvalue weighted by molar-refractivity contribution is 6.31. The van der Waals surface area contributed by atoms with Crippen LogP contribution in [0.1, 0.15) is 32.3 Å². The second-order valence-corrected chi connectivity index (χ2v) is 4.74. The number of nitrogens with zero attached hydrogens (tertiary/aromatic N) is 1. The third-order valence-electron chi connectivity index (χ3n) is 3.33. The van der Waals surface area contributed by atoms with Crippen molar-refractivity contribution in [1.82, 2.24) is 0 Å². The SMILES string of the molecule is CCC(CC)N(CCO)c1cccc(Cl)c1CN. The van der Waals surface area contributed by atoms with E-state index < -0.39 is 0 Å². The molecule has 102 valence electrons. The molecular weight excluding hydrogens is 248 g/mol. The Morgan fingerprint density at radius 3 is 2.50 bits per heavy atom. The van der Waals surface area contributed by atoms with Crippen molar-refractivity contribution in [1.29, 1.82) is 0 Å². The summed E-state index contributed by atoms with van der Waals surface area (Å²) in [6, 6.07) is 6.23. The second-order valence-electron chi connectivity index (χ2n) is 4.33. The molecule has 0 aliphatic rings. The fraction of sp³-hybridized carbons (Fsp3) is 0.571. The van der Waals surface area contributed by atoms with Crippen molar-refractivity contribution in [2.24, 2.45) is 5.73 Å². The molecule has 0 amide bonds. The lowest BCUT2D eigenvalue weighted by Crippen LogP contribution is -2.37. The summed E-state index contributed by atoms with van der Waals surface area (Å²) in [5.74, 6) is 0. The van der Waals surface area contributed by atoms with Crippen LogP contribution in [-0.2, 0) is 6.54 Å². The number of aliphatic hydroxyl groups excluding tert-OH is 1. The summed E-state index contributed by atoms with van der Waals surface area (Å²) >= 11 is 6.20. The molecule has 0 saturated carbocycles. The predicted molar refractivity (Wildman–Crippen MR) is 78.1 cm³/mol. The molecule has 1 aromatic carbocycles. The number of hydrogen-bond donors (Lipinski definition) is 2. The van der Waals surface area contributed by atoms with Crippen LogP contribution in [-0.4, -0.2) is 24.3 Å². The minimum absolute atomic E-state index is 0.132. The largest absolute Gasteiger partial charge is 0.395 e. The highest BCUT2D eigenvalue weighted by Crippen LogP contribution is 2.29. The fourth-order valence-corrected chi connectivity index (χ4v) is 2.60. The standard InChI is InChI=1S/C14H23ClN2O/c1-3-11(4-2)17(8-9-18)14-7-5-6-13(15)12(14)10-16/h5-7,11,18H,3-4,8-10,16H2,1-2H3. The van der Waals surface area contributed by atoms with E-state index >= 15 is 0 Å². The Balaban J connectivity index is 3.16. The first kappa shape index (κ1) is 15.3. The molecule has 3 N–H and O–H groups in total. The molecule has 0 aliphatic carbocycles. The maximum atomic E-state index is 9.26. The molecule has 3 nitrogen and oxygen atoms in total. The van der Waals surface area contributed by atoms with Crippen LogP contribution >= 0.6 is 11.6 Å². The lowest BCUT2D eigenvalue weighted by Gasteiger charge is -2.34. The summed E-state index contributed by atoms with van der Waals surface area (Å²) < 4.78 is 0. The van der Waals surface area contributed by atoms with Gasteiger partial charge in [-0.15, -0.1) is 0 Å². The zero-order chi connectivity index (χ0) is 13.5. The Morgan fingerprint density at radius 2 is 2.00 bits per heavy atom. The molecule has 0 bridgehead atoms. The van der Waals surface area contributed by atoms with E-state index in [1.54, 1.807) is 0 Å². The van der Waals surface area contributed by atoms with Crippen molar-refractivity contribution in [2.75, 3.05) is 18.1 Å². The Labute approximate surface area is 115 Å². The monoisotopic (exact) mass is 270 g/mol. The normalized spacial score (nSPS) is 11.0. The van der Waals surface area contributed by atoms with Crippen molar-refractivity contribution in [3.63, 3.8) is 0 Å². The molecule has 1 rings (SSSR count). The van der Waals surface area contributed by atoms with Gasteiger partial charge in [0.1, 0.15) is 0 Å². The van der Waals surface area contributed by atoms with Gasteiger partial charge in [-0.3, -0.25) is 0 Å². The van der Waals surface area contributed by atoms with Gasteiger partial charge in [0.2, 0.25) is 0 Å². The van der Waals surface area contributed by atoms with Gasteiger partial charge in [-0.25, -0.2) is 0 Å². The van der Waals surface area contributed by atoms with Gasteiger partial charge in [0.15, 0.2) is 0 Å². The summed E-state index contributed by atoms with van der Waals surface area (Å²) in [6.45, 7) is 5.47. The zero-order valence-electron chi connectivity index (χ0n) is 11.2. The Kier molecular flexibility index (Phi) is 6.47. The third-order valence-corrected chi connectivity index (χ3v) is 3.69. The number of benzene rings is 1. The van der Waals surface area contributed by atoms with Crippen molar-refractivity contribution in [3.05, 3.63) is 28.8 Å². The first-order valence-electron chi connectivity index (χ1n) is 6.54. The first-order chi connectivity index (χ1) is 8.69. The smallest absolute Gasteiger partial charge is 0.0606 e. The van der Waals surface area contributed by atoms with Crippen molar-refractivity contribution >= 4 is 17.3 Å². The molecular formula is C14H23ClN2O. The second kappa shape index (κ2) is 7.62. The number of hydrogen-bond acceptors (Lipinski definition) is 3. The molecule has 0 saturated heterocycles. The molecule has 18 heavy (non-hydrogen) atoms. The highest BCUT2D eigenvalue weighted by atomic mass is 35.5. The van der Waals surface area contributed by atoms with E-state index in [4.69, 9.17) is 17.3 Å². The van der Waals surface area contributed by atoms with Crippen LogP contribution in [0.2, 0.25) is 5.02 Å². The van der Waals surface area contributed by atoms with Crippen LogP contribution in [0.4, 0.5) is 5.69 Å². The Morgan fingerprint density at radius 1 is 1.33 bits per heavy atom. The molecule has 0 fully saturated rings. The maximum Gasteiger partial charge on any atom is 0.0606 e. The summed E-state index contributed by atoms with van der Waals surface area (Å²) in [6.07, 6.45) is 2.07. The van der Waals surface area contributed by atoms with E-state index in [1.807, 2.05) is 18.2 Å². The third kappa shape index (κ3) is 3.37. The van der Waals surface area contributed by atoms with Crippen LogP contribution in [0, 0.1) is 0 Å². The zero-order valence-corrected chi connectivity index (χ0v) is 12.0. The summed E-state index contributed by atoms with van der Waals surface area (Å²) in [4.78, 5) is 2.22. The van der Waals surface area contributed by atoms with Crippen LogP contribution < -0.4 is 10.6 Å². The van der Waals surface area contributed by atoms with E-state index in [2.05, 4.69) is 18.7 Å². The summed E-state index contributed by atoms with van der Waals surface area (Å²) in [5.41, 5.74) is 7.80. The minimum atomic E-state index is 0.132. The van der Waals surface area contributed by atoms with Crippen molar-refractivity contribution in [3.8, 4) is 0 Å². The molecule has 0 spiro atoms. The van der Waals surface area contributed by atoms with Crippen LogP contribution in [0.15, 0.2) is 18.2 Å². The Hall–Kier alpha value is -0.770. The van der Waals surface area contributed by atoms with Crippen LogP contribution in [0.25, 0.3) is 0 Å². The number of halogens is 1. The van der Waals surface area contributed by atoms with Gasteiger partial charge in [0.25, 0.3) is 0 Å². The summed E-state index contributed by atoms with van der Waals surface area (Å²) in [7, 11) is 0. The number of aliphatic hydroxyl groups is 1. The highest BCUT2D eigenvalue weighted by Gasteiger charge is 2.18.